The van der Waals surface area contributed by atoms with Crippen LogP contribution in [-0.2, 0) is 14.3 Å². The summed E-state index contributed by atoms with van der Waals surface area (Å²) in [6, 6.07) is 0.196. The van der Waals surface area contributed by atoms with Crippen LogP contribution in [0.5, 0.6) is 0 Å². The third-order valence-electron chi connectivity index (χ3n) is 2.30. The minimum absolute atomic E-state index is 0.123. The van der Waals surface area contributed by atoms with E-state index in [0.29, 0.717) is 13.0 Å². The van der Waals surface area contributed by atoms with E-state index in [0.717, 1.165) is 32.4 Å². The normalized spacial score (nSPS) is 12.4. The van der Waals surface area contributed by atoms with Gasteiger partial charge in [-0.15, -0.1) is 0 Å². The molecule has 0 aromatic rings. The van der Waals surface area contributed by atoms with Gasteiger partial charge in [0.2, 0.25) is 0 Å². The highest BCUT2D eigenvalue weighted by Crippen LogP contribution is 1.97. The lowest BCUT2D eigenvalue weighted by atomic mass is 10.2. The Labute approximate surface area is 98.7 Å². The van der Waals surface area contributed by atoms with E-state index < -0.39 is 0 Å². The molecule has 0 aromatic heterocycles. The highest BCUT2D eigenvalue weighted by atomic mass is 16.5. The second-order valence-corrected chi connectivity index (χ2v) is 3.92. The first-order chi connectivity index (χ1) is 7.70. The Morgan fingerprint density at radius 3 is 2.69 bits per heavy atom. The van der Waals surface area contributed by atoms with Crippen molar-refractivity contribution < 1.29 is 14.3 Å². The van der Waals surface area contributed by atoms with Gasteiger partial charge in [0.25, 0.3) is 0 Å². The molecule has 0 aliphatic carbocycles. The summed E-state index contributed by atoms with van der Waals surface area (Å²) in [5, 5.41) is 3.31. The van der Waals surface area contributed by atoms with Gasteiger partial charge in [0, 0.05) is 19.8 Å². The van der Waals surface area contributed by atoms with Crippen molar-refractivity contribution in [2.75, 3.05) is 26.9 Å². The van der Waals surface area contributed by atoms with E-state index in [1.165, 1.54) is 0 Å². The Morgan fingerprint density at radius 2 is 2.06 bits per heavy atom. The molecule has 0 aromatic carbocycles. The van der Waals surface area contributed by atoms with E-state index >= 15 is 0 Å². The van der Waals surface area contributed by atoms with E-state index in [1.54, 1.807) is 7.11 Å². The predicted octanol–water partition coefficient (Wildman–Crippen LogP) is 1.73. The Kier molecular flexibility index (Phi) is 10.5. The van der Waals surface area contributed by atoms with Crippen LogP contribution < -0.4 is 5.32 Å². The maximum Gasteiger partial charge on any atom is 0.307 e. The van der Waals surface area contributed by atoms with Crippen molar-refractivity contribution in [1.82, 2.24) is 5.32 Å². The number of ether oxygens (including phenoxy) is 2. The van der Waals surface area contributed by atoms with Crippen LogP contribution >= 0.6 is 0 Å². The molecule has 4 nitrogen and oxygen atoms in total. The van der Waals surface area contributed by atoms with Gasteiger partial charge in [-0.05, 0) is 39.7 Å². The molecule has 0 spiro atoms. The molecule has 0 fully saturated rings. The smallest absolute Gasteiger partial charge is 0.307 e. The van der Waals surface area contributed by atoms with Crippen molar-refractivity contribution in [3.63, 3.8) is 0 Å². The molecule has 16 heavy (non-hydrogen) atoms. The summed E-state index contributed by atoms with van der Waals surface area (Å²) in [6.07, 6.45) is 3.83. The minimum atomic E-state index is -0.123. The third kappa shape index (κ3) is 9.93. The first-order valence-corrected chi connectivity index (χ1v) is 6.08. The van der Waals surface area contributed by atoms with Crippen LogP contribution in [0.15, 0.2) is 0 Å². The Bertz CT molecular complexity index is 174. The van der Waals surface area contributed by atoms with Gasteiger partial charge < -0.3 is 14.8 Å². The van der Waals surface area contributed by atoms with Gasteiger partial charge in [-0.25, -0.2) is 0 Å². The molecular formula is C12H25NO3. The summed E-state index contributed by atoms with van der Waals surface area (Å²) in [6.45, 7) is 6.07. The van der Waals surface area contributed by atoms with Gasteiger partial charge in [0.1, 0.15) is 0 Å². The molecule has 1 atom stereocenters. The van der Waals surface area contributed by atoms with E-state index in [2.05, 4.69) is 5.32 Å². The number of carbonyl (C=O) groups is 1. The molecule has 1 unspecified atom stereocenters. The van der Waals surface area contributed by atoms with Crippen LogP contribution in [0.2, 0.25) is 0 Å². The molecule has 0 radical (unpaired) electrons. The third-order valence-corrected chi connectivity index (χ3v) is 2.30. The number of nitrogens with one attached hydrogen (secondary N) is 1. The van der Waals surface area contributed by atoms with Gasteiger partial charge in [-0.1, -0.05) is 0 Å². The van der Waals surface area contributed by atoms with E-state index in [1.807, 2.05) is 13.8 Å². The molecule has 96 valence electrons. The summed E-state index contributed by atoms with van der Waals surface area (Å²) in [5.41, 5.74) is 0. The SMILES string of the molecule is CCOC(=O)CC(C)NCCCCCOC. The molecule has 0 saturated heterocycles. The monoisotopic (exact) mass is 231 g/mol. The number of methoxy groups -OCH3 is 1. The van der Waals surface area contributed by atoms with Crippen molar-refractivity contribution in [1.29, 1.82) is 0 Å². The second-order valence-electron chi connectivity index (χ2n) is 3.92. The molecule has 1 N–H and O–H groups in total. The molecule has 0 aliphatic heterocycles. The van der Waals surface area contributed by atoms with Crippen LogP contribution in [0, 0.1) is 0 Å². The van der Waals surface area contributed by atoms with Gasteiger partial charge in [-0.2, -0.15) is 0 Å². The first kappa shape index (κ1) is 15.4. The Balaban J connectivity index is 3.29. The molecular weight excluding hydrogens is 206 g/mol. The predicted molar refractivity (Wildman–Crippen MR) is 64.4 cm³/mol. The zero-order chi connectivity index (χ0) is 12.2. The number of unbranched alkanes of at least 4 members (excludes halogenated alkanes) is 2. The molecule has 0 amide bonds. The number of hydrogen-bond acceptors (Lipinski definition) is 4. The van der Waals surface area contributed by atoms with E-state index in [9.17, 15) is 4.79 Å². The Hall–Kier alpha value is -0.610. The van der Waals surface area contributed by atoms with E-state index in [-0.39, 0.29) is 12.0 Å². The Morgan fingerprint density at radius 1 is 1.31 bits per heavy atom. The number of carbonyl (C=O) groups excluding carboxylic acids is 1. The van der Waals surface area contributed by atoms with Crippen LogP contribution in [0.3, 0.4) is 0 Å². The fourth-order valence-electron chi connectivity index (χ4n) is 1.44. The molecule has 0 aliphatic rings. The maximum atomic E-state index is 11.1. The lowest BCUT2D eigenvalue weighted by molar-refractivity contribution is -0.143. The number of esters is 1. The van der Waals surface area contributed by atoms with Gasteiger partial charge in [0.05, 0.1) is 13.0 Å². The topological polar surface area (TPSA) is 47.6 Å². The zero-order valence-electron chi connectivity index (χ0n) is 10.8. The zero-order valence-corrected chi connectivity index (χ0v) is 10.8. The largest absolute Gasteiger partial charge is 0.466 e. The highest BCUT2D eigenvalue weighted by Gasteiger charge is 2.08. The van der Waals surface area contributed by atoms with E-state index in [4.69, 9.17) is 9.47 Å². The summed E-state index contributed by atoms with van der Waals surface area (Å²) >= 11 is 0. The summed E-state index contributed by atoms with van der Waals surface area (Å²) < 4.78 is 9.84. The van der Waals surface area contributed by atoms with Crippen LogP contribution in [0.1, 0.15) is 39.5 Å². The summed E-state index contributed by atoms with van der Waals surface area (Å²) in [7, 11) is 1.72. The van der Waals surface area contributed by atoms with Crippen LogP contribution in [-0.4, -0.2) is 38.9 Å². The van der Waals surface area contributed by atoms with Gasteiger partial charge in [0.15, 0.2) is 0 Å². The fraction of sp³-hybridized carbons (Fsp3) is 0.917. The van der Waals surface area contributed by atoms with Crippen LogP contribution in [0.4, 0.5) is 0 Å². The quantitative estimate of drug-likeness (QED) is 0.459. The van der Waals surface area contributed by atoms with Crippen molar-refractivity contribution >= 4 is 5.97 Å². The summed E-state index contributed by atoms with van der Waals surface area (Å²) in [4.78, 5) is 11.1. The average molecular weight is 231 g/mol. The highest BCUT2D eigenvalue weighted by molar-refractivity contribution is 5.69. The molecule has 0 rings (SSSR count). The lowest BCUT2D eigenvalue weighted by Crippen LogP contribution is -2.30. The molecule has 0 saturated carbocycles. The fourth-order valence-corrected chi connectivity index (χ4v) is 1.44. The van der Waals surface area contributed by atoms with Crippen LogP contribution in [0.25, 0.3) is 0 Å². The first-order valence-electron chi connectivity index (χ1n) is 6.08. The average Bonchev–Trinajstić information content (AvgIpc) is 2.23. The van der Waals surface area contributed by atoms with Gasteiger partial charge in [-0.3, -0.25) is 4.79 Å². The molecule has 4 heteroatoms. The van der Waals surface area contributed by atoms with Crippen molar-refractivity contribution in [2.45, 2.75) is 45.6 Å². The second kappa shape index (κ2) is 10.9. The standard InChI is InChI=1S/C12H25NO3/c1-4-16-12(14)10-11(2)13-8-6-5-7-9-15-3/h11,13H,4-10H2,1-3H3. The molecule has 0 heterocycles. The van der Waals surface area contributed by atoms with Crippen molar-refractivity contribution in [2.24, 2.45) is 0 Å². The van der Waals surface area contributed by atoms with Gasteiger partial charge >= 0.3 is 5.97 Å². The number of rotatable bonds is 10. The molecule has 0 bridgehead atoms. The lowest BCUT2D eigenvalue weighted by Gasteiger charge is -2.12. The minimum Gasteiger partial charge on any atom is -0.466 e. The maximum absolute atomic E-state index is 11.1. The number of hydrogen-bond donors (Lipinski definition) is 1. The van der Waals surface area contributed by atoms with Crippen molar-refractivity contribution in [3.05, 3.63) is 0 Å². The van der Waals surface area contributed by atoms with Crippen molar-refractivity contribution in [3.8, 4) is 0 Å². The summed E-state index contributed by atoms with van der Waals surface area (Å²) in [5.74, 6) is -0.123.